The van der Waals surface area contributed by atoms with E-state index in [1.54, 1.807) is 0 Å². The van der Waals surface area contributed by atoms with Crippen LogP contribution in [0.2, 0.25) is 0 Å². The van der Waals surface area contributed by atoms with Crippen LogP contribution in [0.3, 0.4) is 0 Å². The van der Waals surface area contributed by atoms with Crippen molar-refractivity contribution in [3.05, 3.63) is 58.7 Å². The summed E-state index contributed by atoms with van der Waals surface area (Å²) in [6.07, 6.45) is 52.9. The minimum absolute atomic E-state index is 1.02. The van der Waals surface area contributed by atoms with Gasteiger partial charge in [0.05, 0.1) is 22.8 Å². The van der Waals surface area contributed by atoms with Gasteiger partial charge in [0.2, 0.25) is 0 Å². The Bertz CT molecular complexity index is 1370. The van der Waals surface area contributed by atoms with Crippen LogP contribution < -0.4 is 0 Å². The van der Waals surface area contributed by atoms with E-state index in [2.05, 4.69) is 77.9 Å². The number of aryl methyl sites for hydroxylation is 4. The number of hydrogen-bond donors (Lipinski definition) is 0. The summed E-state index contributed by atoms with van der Waals surface area (Å²) in [5.41, 5.74) is 10.5. The Morgan fingerprint density at radius 2 is 0.508 bits per heavy atom. The Hall–Kier alpha value is -2.22. The first-order valence-corrected chi connectivity index (χ1v) is 27.5. The lowest BCUT2D eigenvalue weighted by Crippen LogP contribution is -2.14. The van der Waals surface area contributed by atoms with E-state index >= 15 is 0 Å². The molecule has 0 radical (unpaired) electrons. The van der Waals surface area contributed by atoms with Crippen molar-refractivity contribution in [2.24, 2.45) is 9.98 Å². The molecule has 0 aliphatic heterocycles. The predicted octanol–water partition coefficient (Wildman–Crippen LogP) is 20.5. The molecule has 2 rings (SSSR count). The molecule has 61 heavy (non-hydrogen) atoms. The summed E-state index contributed by atoms with van der Waals surface area (Å²) in [6, 6.07) is 13.9. The van der Waals surface area contributed by atoms with Gasteiger partial charge in [-0.15, -0.1) is 0 Å². The van der Waals surface area contributed by atoms with Crippen molar-refractivity contribution in [2.45, 2.75) is 292 Å². The van der Waals surface area contributed by atoms with E-state index in [0.717, 1.165) is 49.9 Å². The molecular formula is C59H102N2. The summed E-state index contributed by atoms with van der Waals surface area (Å²) < 4.78 is 0. The zero-order valence-electron chi connectivity index (χ0n) is 41.9. The Balaban J connectivity index is 1.73. The van der Waals surface area contributed by atoms with E-state index in [0.29, 0.717) is 0 Å². The first kappa shape index (κ1) is 54.9. The van der Waals surface area contributed by atoms with Crippen molar-refractivity contribution in [3.63, 3.8) is 0 Å². The molecule has 2 heteroatoms. The van der Waals surface area contributed by atoms with Gasteiger partial charge in [0.15, 0.2) is 0 Å². The second-order valence-corrected chi connectivity index (χ2v) is 18.9. The first-order valence-electron chi connectivity index (χ1n) is 27.5. The van der Waals surface area contributed by atoms with Crippen molar-refractivity contribution in [1.29, 1.82) is 0 Å². The van der Waals surface area contributed by atoms with Crippen LogP contribution in [-0.2, 0) is 25.7 Å². The van der Waals surface area contributed by atoms with Gasteiger partial charge < -0.3 is 0 Å². The number of benzene rings is 2. The minimum Gasteiger partial charge on any atom is -0.252 e. The monoisotopic (exact) mass is 839 g/mol. The molecule has 0 unspecified atom stereocenters. The molecule has 0 aliphatic carbocycles. The number of hydrogen-bond acceptors (Lipinski definition) is 2. The molecule has 2 aromatic rings. The fourth-order valence-electron chi connectivity index (χ4n) is 9.41. The highest BCUT2D eigenvalue weighted by molar-refractivity contribution is 6.43. The second kappa shape index (κ2) is 39.4. The average molecular weight is 839 g/mol. The fraction of sp³-hybridized carbons (Fsp3) is 0.763. The van der Waals surface area contributed by atoms with Gasteiger partial charge in [-0.1, -0.05) is 253 Å². The standard InChI is InChI=1S/C59H102N2/c1-7-13-15-17-19-20-21-22-23-24-25-26-27-28-29-30-31-32-33-34-35-36-37-38-39-41-43-45-59(61-57-49-47-53(10-4)55(12-6)51-57)58(44-42-40-18-16-14-8-2)60-56-48-46-52(9-3)54(11-5)50-56/h46-51H,7-45H2,1-6H3. The summed E-state index contributed by atoms with van der Waals surface area (Å²) in [7, 11) is 0. The third-order valence-corrected chi connectivity index (χ3v) is 13.5. The highest BCUT2D eigenvalue weighted by Crippen LogP contribution is 2.26. The molecule has 2 aromatic carbocycles. The van der Waals surface area contributed by atoms with Gasteiger partial charge in [-0.2, -0.15) is 0 Å². The average Bonchev–Trinajstić information content (AvgIpc) is 3.28. The van der Waals surface area contributed by atoms with E-state index in [-0.39, 0.29) is 0 Å². The van der Waals surface area contributed by atoms with Gasteiger partial charge in [0, 0.05) is 0 Å². The van der Waals surface area contributed by atoms with E-state index in [1.165, 1.54) is 246 Å². The fourth-order valence-corrected chi connectivity index (χ4v) is 9.41. The van der Waals surface area contributed by atoms with Crippen LogP contribution >= 0.6 is 0 Å². The third-order valence-electron chi connectivity index (χ3n) is 13.5. The highest BCUT2D eigenvalue weighted by Gasteiger charge is 2.13. The highest BCUT2D eigenvalue weighted by atomic mass is 14.8. The molecule has 0 amide bonds. The van der Waals surface area contributed by atoms with Gasteiger partial charge in [-0.3, -0.25) is 9.98 Å². The minimum atomic E-state index is 1.02. The van der Waals surface area contributed by atoms with Crippen LogP contribution in [0.25, 0.3) is 0 Å². The van der Waals surface area contributed by atoms with Crippen molar-refractivity contribution >= 4 is 22.8 Å². The number of rotatable bonds is 42. The van der Waals surface area contributed by atoms with Gasteiger partial charge in [-0.25, -0.2) is 0 Å². The Morgan fingerprint density at radius 1 is 0.279 bits per heavy atom. The smallest absolute Gasteiger partial charge is 0.0636 e. The zero-order valence-corrected chi connectivity index (χ0v) is 41.9. The van der Waals surface area contributed by atoms with Crippen LogP contribution in [0, 0.1) is 0 Å². The van der Waals surface area contributed by atoms with Crippen LogP contribution in [-0.4, -0.2) is 11.4 Å². The summed E-state index contributed by atoms with van der Waals surface area (Å²) >= 11 is 0. The molecular weight excluding hydrogens is 737 g/mol. The normalized spacial score (nSPS) is 12.2. The van der Waals surface area contributed by atoms with Crippen LogP contribution in [0.5, 0.6) is 0 Å². The molecule has 2 nitrogen and oxygen atoms in total. The van der Waals surface area contributed by atoms with Crippen molar-refractivity contribution < 1.29 is 0 Å². The number of nitrogens with zero attached hydrogens (tertiary/aromatic N) is 2. The summed E-state index contributed by atoms with van der Waals surface area (Å²) in [5, 5.41) is 0. The predicted molar refractivity (Wildman–Crippen MR) is 278 cm³/mol. The molecule has 0 fully saturated rings. The molecule has 0 saturated heterocycles. The maximum absolute atomic E-state index is 5.46. The first-order chi connectivity index (χ1) is 30.1. The molecule has 0 saturated carbocycles. The van der Waals surface area contributed by atoms with Gasteiger partial charge in [0.1, 0.15) is 0 Å². The number of unbranched alkanes of at least 4 members (excludes halogenated alkanes) is 31. The van der Waals surface area contributed by atoms with Gasteiger partial charge in [-0.05, 0) is 97.9 Å². The lowest BCUT2D eigenvalue weighted by Gasteiger charge is -2.14. The molecule has 0 aliphatic rings. The molecule has 0 aromatic heterocycles. The Labute approximate surface area is 381 Å². The van der Waals surface area contributed by atoms with Gasteiger partial charge >= 0.3 is 0 Å². The van der Waals surface area contributed by atoms with E-state index in [9.17, 15) is 0 Å². The lowest BCUT2D eigenvalue weighted by molar-refractivity contribution is 0.515. The van der Waals surface area contributed by atoms with Crippen molar-refractivity contribution in [3.8, 4) is 0 Å². The summed E-state index contributed by atoms with van der Waals surface area (Å²) in [6.45, 7) is 13.7. The second-order valence-electron chi connectivity index (χ2n) is 18.9. The third kappa shape index (κ3) is 27.6. The van der Waals surface area contributed by atoms with Crippen LogP contribution in [0.4, 0.5) is 11.4 Å². The molecule has 0 bridgehead atoms. The zero-order chi connectivity index (χ0) is 43.9. The largest absolute Gasteiger partial charge is 0.252 e. The lowest BCUT2D eigenvalue weighted by atomic mass is 9.98. The van der Waals surface area contributed by atoms with Crippen molar-refractivity contribution in [1.82, 2.24) is 0 Å². The van der Waals surface area contributed by atoms with Gasteiger partial charge in [0.25, 0.3) is 0 Å². The number of aliphatic imine (C=N–C) groups is 2. The summed E-state index contributed by atoms with van der Waals surface area (Å²) in [4.78, 5) is 10.9. The molecule has 0 atom stereocenters. The quantitative estimate of drug-likeness (QED) is 0.0470. The maximum Gasteiger partial charge on any atom is 0.0636 e. The molecule has 348 valence electrons. The molecule has 0 heterocycles. The van der Waals surface area contributed by atoms with Crippen LogP contribution in [0.15, 0.2) is 46.4 Å². The summed E-state index contributed by atoms with van der Waals surface area (Å²) in [5.74, 6) is 0. The van der Waals surface area contributed by atoms with E-state index in [1.807, 2.05) is 0 Å². The SMILES string of the molecule is CCCCCCCCCCCCCCCCCCCCCCCCCCCCCC(=Nc1ccc(CC)c(CC)c1)C(CCCCCCCC)=Nc1ccc(CC)c(CC)c1. The molecule has 0 N–H and O–H groups in total. The van der Waals surface area contributed by atoms with E-state index in [4.69, 9.17) is 9.98 Å². The molecule has 0 spiro atoms. The van der Waals surface area contributed by atoms with Crippen LogP contribution in [0.1, 0.15) is 289 Å². The Kier molecular flexibility index (Phi) is 35.4. The van der Waals surface area contributed by atoms with E-state index < -0.39 is 0 Å². The Morgan fingerprint density at radius 3 is 0.738 bits per heavy atom. The topological polar surface area (TPSA) is 24.7 Å². The maximum atomic E-state index is 5.46. The van der Waals surface area contributed by atoms with Crippen molar-refractivity contribution in [2.75, 3.05) is 0 Å².